The smallest absolute Gasteiger partial charge is 0.379 e. The van der Waals surface area contributed by atoms with Crippen LogP contribution in [0, 0.1) is 0 Å². The summed E-state index contributed by atoms with van der Waals surface area (Å²) in [6.45, 7) is -0.439. The van der Waals surface area contributed by atoms with Crippen LogP contribution in [-0.2, 0) is 9.53 Å². The van der Waals surface area contributed by atoms with E-state index in [0.29, 0.717) is 0 Å². The summed E-state index contributed by atoms with van der Waals surface area (Å²) in [5.41, 5.74) is 0.287. The Morgan fingerprint density at radius 1 is 1.21 bits per heavy atom. The normalized spacial score (nSPS) is 9.50. The van der Waals surface area contributed by atoms with Gasteiger partial charge in [-0.2, -0.15) is 0 Å². The fourth-order valence-corrected chi connectivity index (χ4v) is 0.911. The van der Waals surface area contributed by atoms with Crippen molar-refractivity contribution in [3.05, 3.63) is 35.9 Å². The van der Waals surface area contributed by atoms with E-state index in [-0.39, 0.29) is 18.8 Å². The van der Waals surface area contributed by atoms with E-state index in [9.17, 15) is 9.59 Å². The number of benzene rings is 1. The molecule has 1 N–H and O–H groups in total. The lowest BCUT2D eigenvalue weighted by Gasteiger charge is -2.00. The molecule has 0 saturated carbocycles. The molecule has 0 fully saturated rings. The molecule has 1 aromatic rings. The molecule has 4 heteroatoms. The zero-order chi connectivity index (χ0) is 10.4. The lowest BCUT2D eigenvalue weighted by atomic mass is 10.1. The van der Waals surface area contributed by atoms with Crippen LogP contribution < -0.4 is 0 Å². The van der Waals surface area contributed by atoms with Gasteiger partial charge in [0.2, 0.25) is 0 Å². The first-order valence-electron chi connectivity index (χ1n) is 4.13. The van der Waals surface area contributed by atoms with Crippen molar-refractivity contribution < 1.29 is 19.4 Å². The van der Waals surface area contributed by atoms with Gasteiger partial charge < -0.3 is 9.84 Å². The van der Waals surface area contributed by atoms with Crippen LogP contribution in [0.5, 0.6) is 0 Å². The fourth-order valence-electron chi connectivity index (χ4n) is 0.911. The first kappa shape index (κ1) is 10.4. The van der Waals surface area contributed by atoms with Crippen molar-refractivity contribution >= 4 is 11.8 Å². The minimum Gasteiger partial charge on any atom is -0.457 e. The second-order valence-electron chi connectivity index (χ2n) is 2.55. The minimum atomic E-state index is -0.940. The molecule has 0 heterocycles. The largest absolute Gasteiger partial charge is 0.457 e. The Hall–Kier alpha value is -1.68. The third-order valence-corrected chi connectivity index (χ3v) is 1.55. The predicted octanol–water partition coefficient (Wildman–Crippen LogP) is 0.405. The number of ketones is 1. The third-order valence-electron chi connectivity index (χ3n) is 1.55. The third kappa shape index (κ3) is 2.67. The average Bonchev–Trinajstić information content (AvgIpc) is 2.26. The Bertz CT molecular complexity index is 318. The van der Waals surface area contributed by atoms with Crippen molar-refractivity contribution in [3.63, 3.8) is 0 Å². The lowest BCUT2D eigenvalue weighted by molar-refractivity contribution is -0.139. The van der Waals surface area contributed by atoms with Gasteiger partial charge in [0.25, 0.3) is 5.78 Å². The summed E-state index contributed by atoms with van der Waals surface area (Å²) in [5.74, 6) is -1.63. The van der Waals surface area contributed by atoms with Crippen LogP contribution in [0.15, 0.2) is 30.3 Å². The van der Waals surface area contributed by atoms with E-state index >= 15 is 0 Å². The molecule has 0 aromatic heterocycles. The number of carbonyl (C=O) groups excluding carboxylic acids is 2. The Balaban J connectivity index is 2.62. The number of aliphatic hydroxyl groups is 1. The monoisotopic (exact) mass is 194 g/mol. The minimum absolute atomic E-state index is 0.155. The van der Waals surface area contributed by atoms with Gasteiger partial charge in [0, 0.05) is 5.56 Å². The SMILES string of the molecule is O=C(OCCO)C(=O)c1ccccc1. The maximum atomic E-state index is 11.3. The van der Waals surface area contributed by atoms with E-state index in [4.69, 9.17) is 5.11 Å². The van der Waals surface area contributed by atoms with Crippen LogP contribution in [0.1, 0.15) is 10.4 Å². The highest BCUT2D eigenvalue weighted by atomic mass is 16.5. The number of hydrogen-bond donors (Lipinski definition) is 1. The second-order valence-corrected chi connectivity index (χ2v) is 2.55. The quantitative estimate of drug-likeness (QED) is 0.428. The lowest BCUT2D eigenvalue weighted by Crippen LogP contribution is -2.19. The number of esters is 1. The van der Waals surface area contributed by atoms with Gasteiger partial charge in [-0.3, -0.25) is 4.79 Å². The van der Waals surface area contributed by atoms with Crippen LogP contribution in [-0.4, -0.2) is 30.1 Å². The van der Waals surface area contributed by atoms with Crippen molar-refractivity contribution in [2.24, 2.45) is 0 Å². The van der Waals surface area contributed by atoms with Crippen molar-refractivity contribution in [1.29, 1.82) is 0 Å². The molecule has 0 unspecified atom stereocenters. The van der Waals surface area contributed by atoms with E-state index in [0.717, 1.165) is 0 Å². The fraction of sp³-hybridized carbons (Fsp3) is 0.200. The molecule has 14 heavy (non-hydrogen) atoms. The maximum Gasteiger partial charge on any atom is 0.379 e. The van der Waals surface area contributed by atoms with Gasteiger partial charge in [0.1, 0.15) is 6.61 Å². The van der Waals surface area contributed by atoms with Gasteiger partial charge in [-0.1, -0.05) is 30.3 Å². The molecule has 4 nitrogen and oxygen atoms in total. The number of aliphatic hydroxyl groups excluding tert-OH is 1. The first-order chi connectivity index (χ1) is 6.75. The zero-order valence-electron chi connectivity index (χ0n) is 7.47. The highest BCUT2D eigenvalue weighted by molar-refractivity contribution is 6.40. The number of hydrogen-bond acceptors (Lipinski definition) is 4. The number of rotatable bonds is 4. The molecule has 0 amide bonds. The van der Waals surface area contributed by atoms with Crippen molar-refractivity contribution in [3.8, 4) is 0 Å². The number of Topliss-reactive ketones (excluding diaryl/α,β-unsaturated/α-hetero) is 1. The number of carbonyl (C=O) groups is 2. The average molecular weight is 194 g/mol. The molecule has 0 aliphatic rings. The molecule has 0 atom stereocenters. The van der Waals surface area contributed by atoms with Crippen LogP contribution in [0.3, 0.4) is 0 Å². The Kier molecular flexibility index (Phi) is 3.82. The van der Waals surface area contributed by atoms with E-state index in [1.807, 2.05) is 0 Å². The Morgan fingerprint density at radius 3 is 2.43 bits per heavy atom. The molecule has 0 aliphatic carbocycles. The summed E-state index contributed by atoms with van der Waals surface area (Å²) in [6, 6.07) is 8.13. The molecular formula is C10H10O4. The topological polar surface area (TPSA) is 63.6 Å². The molecule has 0 bridgehead atoms. The van der Waals surface area contributed by atoms with Gasteiger partial charge in [-0.25, -0.2) is 4.79 Å². The van der Waals surface area contributed by atoms with Crippen LogP contribution in [0.2, 0.25) is 0 Å². The second kappa shape index (κ2) is 5.14. The summed E-state index contributed by atoms with van der Waals surface area (Å²) >= 11 is 0. The summed E-state index contributed by atoms with van der Waals surface area (Å²) < 4.78 is 4.47. The summed E-state index contributed by atoms with van der Waals surface area (Å²) in [6.07, 6.45) is 0. The molecule has 0 spiro atoms. The van der Waals surface area contributed by atoms with Crippen molar-refractivity contribution in [2.45, 2.75) is 0 Å². The van der Waals surface area contributed by atoms with Crippen molar-refractivity contribution in [1.82, 2.24) is 0 Å². The Morgan fingerprint density at radius 2 is 1.86 bits per heavy atom. The van der Waals surface area contributed by atoms with Crippen molar-refractivity contribution in [2.75, 3.05) is 13.2 Å². The van der Waals surface area contributed by atoms with Gasteiger partial charge >= 0.3 is 5.97 Å². The van der Waals surface area contributed by atoms with E-state index < -0.39 is 11.8 Å². The molecule has 1 rings (SSSR count). The van der Waals surface area contributed by atoms with Gasteiger partial charge in [0.05, 0.1) is 6.61 Å². The van der Waals surface area contributed by atoms with E-state index in [1.54, 1.807) is 18.2 Å². The maximum absolute atomic E-state index is 11.3. The standard InChI is InChI=1S/C10H10O4/c11-6-7-14-10(13)9(12)8-4-2-1-3-5-8/h1-5,11H,6-7H2. The van der Waals surface area contributed by atoms with Gasteiger partial charge in [-0.05, 0) is 0 Å². The highest BCUT2D eigenvalue weighted by Gasteiger charge is 2.16. The van der Waals surface area contributed by atoms with Gasteiger partial charge in [-0.15, -0.1) is 0 Å². The molecule has 0 aliphatic heterocycles. The van der Waals surface area contributed by atoms with Crippen LogP contribution in [0.4, 0.5) is 0 Å². The van der Waals surface area contributed by atoms with Gasteiger partial charge in [0.15, 0.2) is 0 Å². The first-order valence-corrected chi connectivity index (χ1v) is 4.13. The Labute approximate surface area is 81.1 Å². The van der Waals surface area contributed by atoms with E-state index in [2.05, 4.69) is 4.74 Å². The number of ether oxygens (including phenoxy) is 1. The van der Waals surface area contributed by atoms with Crippen LogP contribution >= 0.6 is 0 Å². The molecular weight excluding hydrogens is 184 g/mol. The zero-order valence-corrected chi connectivity index (χ0v) is 7.47. The van der Waals surface area contributed by atoms with Crippen LogP contribution in [0.25, 0.3) is 0 Å². The molecule has 0 saturated heterocycles. The molecule has 74 valence electrons. The molecule has 1 aromatic carbocycles. The summed E-state index contributed by atoms with van der Waals surface area (Å²) in [7, 11) is 0. The molecule has 0 radical (unpaired) electrons. The van der Waals surface area contributed by atoms with E-state index in [1.165, 1.54) is 12.1 Å². The highest BCUT2D eigenvalue weighted by Crippen LogP contribution is 2.00. The summed E-state index contributed by atoms with van der Waals surface area (Å²) in [5, 5.41) is 8.38. The summed E-state index contributed by atoms with van der Waals surface area (Å²) in [4.78, 5) is 22.3. The predicted molar refractivity (Wildman–Crippen MR) is 48.8 cm³/mol.